The number of rotatable bonds is 3. The number of ether oxygens (including phenoxy) is 1. The highest BCUT2D eigenvalue weighted by molar-refractivity contribution is 9.10. The normalized spacial score (nSPS) is 12.6. The first-order valence-electron chi connectivity index (χ1n) is 6.53. The third-order valence-corrected chi connectivity index (χ3v) is 4.06. The number of aliphatic hydroxyl groups is 1. The maximum atomic E-state index is 10.6. The highest BCUT2D eigenvalue weighted by Gasteiger charge is 2.20. The van der Waals surface area contributed by atoms with Crippen molar-refractivity contribution < 1.29 is 9.84 Å². The van der Waals surface area contributed by atoms with Gasteiger partial charge in [-0.05, 0) is 34.5 Å². The fraction of sp³-hybridized carbons (Fsp3) is 0.188. The summed E-state index contributed by atoms with van der Waals surface area (Å²) in [5.41, 5.74) is 1.46. The number of hydrogen-bond donors (Lipinski definition) is 1. The fourth-order valence-electron chi connectivity index (χ4n) is 2.46. The van der Waals surface area contributed by atoms with Gasteiger partial charge in [0.25, 0.3) is 0 Å². The number of aromatic nitrogens is 2. The summed E-state index contributed by atoms with van der Waals surface area (Å²) in [4.78, 5) is 0. The van der Waals surface area contributed by atoms with Crippen molar-refractivity contribution in [1.29, 1.82) is 0 Å². The molecule has 0 fully saturated rings. The van der Waals surface area contributed by atoms with Gasteiger partial charge >= 0.3 is 0 Å². The Bertz CT molecular complexity index is 798. The van der Waals surface area contributed by atoms with E-state index in [2.05, 4.69) is 27.1 Å². The standard InChI is InChI=1S/C16H15BrN2O2/c1-19-15(14(21-2)9-18-19)16(20)12-4-3-11-8-13(17)6-5-10(11)7-12/h3-9,16,20H,1-2H3. The molecular formula is C16H15BrN2O2. The van der Waals surface area contributed by atoms with Gasteiger partial charge in [-0.15, -0.1) is 0 Å². The van der Waals surface area contributed by atoms with E-state index >= 15 is 0 Å². The number of nitrogens with zero attached hydrogens (tertiary/aromatic N) is 2. The third-order valence-electron chi connectivity index (χ3n) is 3.57. The highest BCUT2D eigenvalue weighted by Crippen LogP contribution is 2.31. The first-order chi connectivity index (χ1) is 10.1. The fourth-order valence-corrected chi connectivity index (χ4v) is 2.84. The summed E-state index contributed by atoms with van der Waals surface area (Å²) in [5, 5.41) is 17.0. The Morgan fingerprint density at radius 2 is 1.90 bits per heavy atom. The molecule has 21 heavy (non-hydrogen) atoms. The first-order valence-corrected chi connectivity index (χ1v) is 7.32. The number of fused-ring (bicyclic) bond motifs is 1. The zero-order valence-electron chi connectivity index (χ0n) is 11.7. The third kappa shape index (κ3) is 2.54. The highest BCUT2D eigenvalue weighted by atomic mass is 79.9. The molecule has 1 aromatic heterocycles. The van der Waals surface area contributed by atoms with Gasteiger partial charge in [-0.2, -0.15) is 5.10 Å². The molecule has 0 aliphatic heterocycles. The second-order valence-electron chi connectivity index (χ2n) is 4.88. The Hall–Kier alpha value is -1.85. The van der Waals surface area contributed by atoms with Crippen molar-refractivity contribution in [3.8, 4) is 5.75 Å². The van der Waals surface area contributed by atoms with Crippen molar-refractivity contribution in [2.45, 2.75) is 6.10 Å². The van der Waals surface area contributed by atoms with Crippen molar-refractivity contribution in [3.63, 3.8) is 0 Å². The molecule has 3 rings (SSSR count). The molecule has 1 N–H and O–H groups in total. The van der Waals surface area contributed by atoms with Gasteiger partial charge in [-0.3, -0.25) is 4.68 Å². The molecule has 2 aromatic carbocycles. The van der Waals surface area contributed by atoms with Gasteiger partial charge in [0.15, 0.2) is 5.75 Å². The molecule has 5 heteroatoms. The van der Waals surface area contributed by atoms with Crippen LogP contribution in [0.4, 0.5) is 0 Å². The van der Waals surface area contributed by atoms with E-state index in [1.54, 1.807) is 25.0 Å². The molecule has 0 bridgehead atoms. The molecule has 0 saturated heterocycles. The Kier molecular flexibility index (Phi) is 3.69. The van der Waals surface area contributed by atoms with E-state index in [0.717, 1.165) is 20.8 Å². The van der Waals surface area contributed by atoms with Crippen LogP contribution in [0.5, 0.6) is 5.75 Å². The summed E-state index contributed by atoms with van der Waals surface area (Å²) < 4.78 is 7.94. The van der Waals surface area contributed by atoms with Crippen LogP contribution in [0.25, 0.3) is 10.8 Å². The Morgan fingerprint density at radius 1 is 1.19 bits per heavy atom. The van der Waals surface area contributed by atoms with Crippen LogP contribution in [0, 0.1) is 0 Å². The quantitative estimate of drug-likeness (QED) is 0.790. The summed E-state index contributed by atoms with van der Waals surface area (Å²) in [6.45, 7) is 0. The van der Waals surface area contributed by atoms with E-state index in [9.17, 15) is 5.11 Å². The van der Waals surface area contributed by atoms with Crippen molar-refractivity contribution in [1.82, 2.24) is 9.78 Å². The second kappa shape index (κ2) is 5.50. The second-order valence-corrected chi connectivity index (χ2v) is 5.79. The molecule has 0 radical (unpaired) electrons. The number of benzene rings is 2. The van der Waals surface area contributed by atoms with Crippen molar-refractivity contribution in [3.05, 3.63) is 58.3 Å². The van der Waals surface area contributed by atoms with Gasteiger partial charge in [-0.25, -0.2) is 0 Å². The van der Waals surface area contributed by atoms with Crippen LogP contribution in [0.2, 0.25) is 0 Å². The number of aliphatic hydroxyl groups excluding tert-OH is 1. The lowest BCUT2D eigenvalue weighted by atomic mass is 10.0. The zero-order chi connectivity index (χ0) is 15.0. The van der Waals surface area contributed by atoms with Crippen LogP contribution < -0.4 is 4.74 Å². The van der Waals surface area contributed by atoms with E-state index in [1.807, 2.05) is 30.3 Å². The number of aryl methyl sites for hydroxylation is 1. The molecule has 0 saturated carbocycles. The maximum Gasteiger partial charge on any atom is 0.162 e. The van der Waals surface area contributed by atoms with Crippen molar-refractivity contribution in [2.75, 3.05) is 7.11 Å². The number of halogens is 1. The van der Waals surface area contributed by atoms with Gasteiger partial charge in [0.05, 0.1) is 13.3 Å². The molecule has 0 spiro atoms. The lowest BCUT2D eigenvalue weighted by Crippen LogP contribution is -2.08. The Balaban J connectivity index is 2.07. The first kappa shape index (κ1) is 14.1. The smallest absolute Gasteiger partial charge is 0.162 e. The molecule has 0 aliphatic rings. The van der Waals surface area contributed by atoms with Crippen LogP contribution >= 0.6 is 15.9 Å². The Morgan fingerprint density at radius 3 is 2.67 bits per heavy atom. The molecule has 1 heterocycles. The molecule has 1 atom stereocenters. The minimum Gasteiger partial charge on any atom is -0.493 e. The molecular weight excluding hydrogens is 332 g/mol. The van der Waals surface area contributed by atoms with Gasteiger partial charge in [0, 0.05) is 11.5 Å². The predicted molar refractivity (Wildman–Crippen MR) is 85.5 cm³/mol. The maximum absolute atomic E-state index is 10.6. The summed E-state index contributed by atoms with van der Waals surface area (Å²) in [6.07, 6.45) is 0.831. The minimum atomic E-state index is -0.777. The number of methoxy groups -OCH3 is 1. The molecule has 3 aromatic rings. The van der Waals surface area contributed by atoms with E-state index in [0.29, 0.717) is 11.4 Å². The average Bonchev–Trinajstić information content (AvgIpc) is 2.86. The van der Waals surface area contributed by atoms with E-state index < -0.39 is 6.10 Å². The van der Waals surface area contributed by atoms with E-state index in [1.165, 1.54) is 0 Å². The molecule has 0 aliphatic carbocycles. The Labute approximate surface area is 131 Å². The van der Waals surface area contributed by atoms with Crippen LogP contribution in [-0.4, -0.2) is 22.0 Å². The van der Waals surface area contributed by atoms with Crippen LogP contribution in [-0.2, 0) is 7.05 Å². The molecule has 4 nitrogen and oxygen atoms in total. The van der Waals surface area contributed by atoms with E-state index in [4.69, 9.17) is 4.74 Å². The van der Waals surface area contributed by atoms with Gasteiger partial charge in [0.2, 0.25) is 0 Å². The summed E-state index contributed by atoms with van der Waals surface area (Å²) in [5.74, 6) is 0.584. The summed E-state index contributed by atoms with van der Waals surface area (Å²) in [7, 11) is 3.37. The largest absolute Gasteiger partial charge is 0.493 e. The molecule has 108 valence electrons. The SMILES string of the molecule is COc1cnn(C)c1C(O)c1ccc2cc(Br)ccc2c1. The summed E-state index contributed by atoms with van der Waals surface area (Å²) >= 11 is 3.46. The van der Waals surface area contributed by atoms with Crippen molar-refractivity contribution in [2.24, 2.45) is 7.05 Å². The predicted octanol–water partition coefficient (Wildman–Crippen LogP) is 3.43. The zero-order valence-corrected chi connectivity index (χ0v) is 13.3. The van der Waals surface area contributed by atoms with Crippen LogP contribution in [0.3, 0.4) is 0 Å². The monoisotopic (exact) mass is 346 g/mol. The van der Waals surface area contributed by atoms with Gasteiger partial charge in [-0.1, -0.05) is 34.1 Å². The van der Waals surface area contributed by atoms with Gasteiger partial charge < -0.3 is 9.84 Å². The minimum absolute atomic E-state index is 0.584. The van der Waals surface area contributed by atoms with Crippen LogP contribution in [0.1, 0.15) is 17.4 Å². The number of hydrogen-bond acceptors (Lipinski definition) is 3. The van der Waals surface area contributed by atoms with E-state index in [-0.39, 0.29) is 0 Å². The lowest BCUT2D eigenvalue weighted by Gasteiger charge is -2.14. The van der Waals surface area contributed by atoms with Gasteiger partial charge in [0.1, 0.15) is 11.8 Å². The molecule has 0 amide bonds. The topological polar surface area (TPSA) is 47.3 Å². The average molecular weight is 347 g/mol. The summed E-state index contributed by atoms with van der Waals surface area (Å²) in [6, 6.07) is 12.0. The van der Waals surface area contributed by atoms with Crippen molar-refractivity contribution >= 4 is 26.7 Å². The lowest BCUT2D eigenvalue weighted by molar-refractivity contribution is 0.204. The van der Waals surface area contributed by atoms with Crippen LogP contribution in [0.15, 0.2) is 47.1 Å². The molecule has 1 unspecified atom stereocenters.